The molecule has 6 nitrogen and oxygen atoms in total. The predicted molar refractivity (Wildman–Crippen MR) is 92.2 cm³/mol. The lowest BCUT2D eigenvalue weighted by Gasteiger charge is -2.18. The number of aliphatic imine (C=N–C) groups is 1. The van der Waals surface area contributed by atoms with Gasteiger partial charge in [0, 0.05) is 20.3 Å². The van der Waals surface area contributed by atoms with Gasteiger partial charge in [0.05, 0.1) is 25.3 Å². The lowest BCUT2D eigenvalue weighted by molar-refractivity contribution is 0.105. The molecule has 0 radical (unpaired) electrons. The van der Waals surface area contributed by atoms with E-state index in [4.69, 9.17) is 14.2 Å². The Morgan fingerprint density at radius 3 is 2.62 bits per heavy atom. The van der Waals surface area contributed by atoms with Gasteiger partial charge in [-0.15, -0.1) is 0 Å². The van der Waals surface area contributed by atoms with E-state index >= 15 is 0 Å². The zero-order valence-electron chi connectivity index (χ0n) is 13.9. The number of pyridine rings is 1. The molecule has 0 saturated heterocycles. The zero-order valence-corrected chi connectivity index (χ0v) is 13.9. The third-order valence-corrected chi connectivity index (χ3v) is 3.47. The topological polar surface area (TPSA) is 56.2 Å². The van der Waals surface area contributed by atoms with Gasteiger partial charge in [-0.3, -0.25) is 4.99 Å². The first-order chi connectivity index (χ1) is 11.8. The Hall–Kier alpha value is -2.60. The van der Waals surface area contributed by atoms with Crippen molar-refractivity contribution in [3.8, 4) is 17.4 Å². The number of nitrogens with zero attached hydrogens (tertiary/aromatic N) is 3. The molecule has 126 valence electrons. The highest BCUT2D eigenvalue weighted by atomic mass is 16.5. The van der Waals surface area contributed by atoms with E-state index in [1.807, 2.05) is 55.4 Å². The highest BCUT2D eigenvalue weighted by Crippen LogP contribution is 2.32. The second-order valence-electron chi connectivity index (χ2n) is 5.47. The average Bonchev–Trinajstić information content (AvgIpc) is 2.60. The minimum atomic E-state index is 0.458. The van der Waals surface area contributed by atoms with Crippen molar-refractivity contribution >= 4 is 5.84 Å². The number of benzene rings is 1. The summed E-state index contributed by atoms with van der Waals surface area (Å²) >= 11 is 0. The molecule has 0 atom stereocenters. The number of para-hydroxylation sites is 2. The molecule has 2 heterocycles. The number of fused-ring (bicyclic) bond motifs is 2. The van der Waals surface area contributed by atoms with Crippen LogP contribution in [0.3, 0.4) is 0 Å². The molecule has 1 aliphatic heterocycles. The van der Waals surface area contributed by atoms with Gasteiger partial charge in [0.25, 0.3) is 0 Å². The Morgan fingerprint density at radius 2 is 1.79 bits per heavy atom. The first-order valence-corrected chi connectivity index (χ1v) is 7.90. The van der Waals surface area contributed by atoms with Crippen molar-refractivity contribution in [1.29, 1.82) is 0 Å². The number of rotatable bonds is 0. The predicted octanol–water partition coefficient (Wildman–Crippen LogP) is 2.59. The molecule has 2 aromatic rings. The summed E-state index contributed by atoms with van der Waals surface area (Å²) in [5.74, 6) is 2.59. The van der Waals surface area contributed by atoms with Gasteiger partial charge in [0.1, 0.15) is 12.4 Å². The molecule has 0 amide bonds. The molecule has 3 rings (SSSR count). The van der Waals surface area contributed by atoms with Crippen LogP contribution in [0.15, 0.2) is 47.6 Å². The molecule has 0 spiro atoms. The van der Waals surface area contributed by atoms with Gasteiger partial charge in [0.15, 0.2) is 11.5 Å². The Bertz CT molecular complexity index is 716. The van der Waals surface area contributed by atoms with E-state index in [1.54, 1.807) is 6.20 Å². The van der Waals surface area contributed by atoms with Crippen molar-refractivity contribution in [2.75, 3.05) is 40.5 Å². The minimum absolute atomic E-state index is 0.458. The minimum Gasteiger partial charge on any atom is -0.487 e. The molecular weight excluding hydrogens is 306 g/mol. The Morgan fingerprint density at radius 1 is 0.958 bits per heavy atom. The summed E-state index contributed by atoms with van der Waals surface area (Å²) in [6.07, 6.45) is 1.71. The fourth-order valence-corrected chi connectivity index (χ4v) is 2.40. The van der Waals surface area contributed by atoms with E-state index in [2.05, 4.69) is 9.98 Å². The van der Waals surface area contributed by atoms with Crippen molar-refractivity contribution in [2.45, 2.75) is 0 Å². The summed E-state index contributed by atoms with van der Waals surface area (Å²) in [5.41, 5.74) is 0.830. The first-order valence-electron chi connectivity index (χ1n) is 7.90. The molecule has 24 heavy (non-hydrogen) atoms. The third kappa shape index (κ3) is 3.83. The Labute approximate surface area is 141 Å². The van der Waals surface area contributed by atoms with Crippen LogP contribution in [0.4, 0.5) is 0 Å². The van der Waals surface area contributed by atoms with E-state index < -0.39 is 0 Å². The summed E-state index contributed by atoms with van der Waals surface area (Å²) < 4.78 is 17.4. The maximum Gasteiger partial charge on any atom is 0.230 e. The Kier molecular flexibility index (Phi) is 5.28. The summed E-state index contributed by atoms with van der Waals surface area (Å²) in [6, 6.07) is 11.4. The van der Waals surface area contributed by atoms with Gasteiger partial charge in [-0.2, -0.15) is 0 Å². The number of hydrogen-bond acceptors (Lipinski definition) is 6. The molecule has 0 saturated carbocycles. The maximum absolute atomic E-state index is 6.05. The first kappa shape index (κ1) is 16.3. The van der Waals surface area contributed by atoms with Crippen molar-refractivity contribution < 1.29 is 14.2 Å². The largest absolute Gasteiger partial charge is 0.487 e. The molecule has 0 unspecified atom stereocenters. The van der Waals surface area contributed by atoms with E-state index in [1.165, 1.54) is 0 Å². The van der Waals surface area contributed by atoms with Crippen LogP contribution in [-0.4, -0.2) is 56.2 Å². The number of ether oxygens (including phenoxy) is 3. The van der Waals surface area contributed by atoms with Gasteiger partial charge in [-0.25, -0.2) is 4.98 Å². The van der Waals surface area contributed by atoms with Gasteiger partial charge in [0.2, 0.25) is 5.88 Å². The number of aromatic nitrogens is 1. The quantitative estimate of drug-likeness (QED) is 0.744. The highest BCUT2D eigenvalue weighted by Gasteiger charge is 2.16. The van der Waals surface area contributed by atoms with E-state index in [-0.39, 0.29) is 0 Å². The summed E-state index contributed by atoms with van der Waals surface area (Å²) in [5, 5.41) is 0. The molecule has 0 aliphatic carbocycles. The van der Waals surface area contributed by atoms with Gasteiger partial charge in [-0.05, 0) is 24.3 Å². The lowest BCUT2D eigenvalue weighted by atomic mass is 10.2. The van der Waals surface area contributed by atoms with Crippen molar-refractivity contribution in [1.82, 2.24) is 9.88 Å². The fourth-order valence-electron chi connectivity index (χ4n) is 2.40. The molecule has 0 N–H and O–H groups in total. The standard InChI is InChI=1S/C18H21N3O3/c1-21(2)17-14-6-5-9-20-18(14)24-16-8-4-3-7-15(16)23-13-12-22-11-10-19-17/h3-9H,10-13H2,1-2H3. The van der Waals surface area contributed by atoms with Crippen molar-refractivity contribution in [3.63, 3.8) is 0 Å². The molecular formula is C18H21N3O3. The van der Waals surface area contributed by atoms with E-state index in [9.17, 15) is 0 Å². The van der Waals surface area contributed by atoms with Gasteiger partial charge in [-0.1, -0.05) is 12.1 Å². The third-order valence-electron chi connectivity index (χ3n) is 3.47. The lowest BCUT2D eigenvalue weighted by Crippen LogP contribution is -2.24. The zero-order chi connectivity index (χ0) is 16.8. The van der Waals surface area contributed by atoms with Crippen LogP contribution in [0, 0.1) is 0 Å². The van der Waals surface area contributed by atoms with E-state index in [0.717, 1.165) is 11.4 Å². The van der Waals surface area contributed by atoms with Crippen LogP contribution < -0.4 is 9.47 Å². The average molecular weight is 327 g/mol. The highest BCUT2D eigenvalue weighted by molar-refractivity contribution is 6.00. The number of amidine groups is 1. The smallest absolute Gasteiger partial charge is 0.230 e. The summed E-state index contributed by atoms with van der Waals surface area (Å²) in [4.78, 5) is 11.0. The number of hydrogen-bond donors (Lipinski definition) is 0. The van der Waals surface area contributed by atoms with Gasteiger partial charge < -0.3 is 19.1 Å². The van der Waals surface area contributed by atoms with Crippen LogP contribution in [-0.2, 0) is 4.74 Å². The normalized spacial score (nSPS) is 15.2. The molecule has 1 aromatic carbocycles. The molecule has 1 aliphatic rings. The second-order valence-corrected chi connectivity index (χ2v) is 5.47. The molecule has 1 aromatic heterocycles. The monoisotopic (exact) mass is 327 g/mol. The fraction of sp³-hybridized carbons (Fsp3) is 0.333. The van der Waals surface area contributed by atoms with Gasteiger partial charge >= 0.3 is 0 Å². The Balaban J connectivity index is 2.04. The van der Waals surface area contributed by atoms with Crippen molar-refractivity contribution in [2.24, 2.45) is 4.99 Å². The van der Waals surface area contributed by atoms with Crippen LogP contribution in [0.25, 0.3) is 0 Å². The molecule has 6 heteroatoms. The molecule has 0 bridgehead atoms. The van der Waals surface area contributed by atoms with Crippen molar-refractivity contribution in [3.05, 3.63) is 48.2 Å². The second kappa shape index (κ2) is 7.79. The van der Waals surface area contributed by atoms with E-state index in [0.29, 0.717) is 43.7 Å². The SMILES string of the molecule is CN(C)C1=NCCOCCOc2ccccc2Oc2ncccc21. The molecule has 0 fully saturated rings. The summed E-state index contributed by atoms with van der Waals surface area (Å²) in [6.45, 7) is 2.07. The van der Waals surface area contributed by atoms with Crippen LogP contribution in [0.2, 0.25) is 0 Å². The maximum atomic E-state index is 6.05. The summed E-state index contributed by atoms with van der Waals surface area (Å²) in [7, 11) is 3.90. The van der Waals surface area contributed by atoms with Crippen LogP contribution >= 0.6 is 0 Å². The van der Waals surface area contributed by atoms with Crippen LogP contribution in [0.5, 0.6) is 17.4 Å². The van der Waals surface area contributed by atoms with Crippen LogP contribution in [0.1, 0.15) is 5.56 Å².